The molecule has 6 heteroatoms. The lowest BCUT2D eigenvalue weighted by atomic mass is 9.80. The fourth-order valence-electron chi connectivity index (χ4n) is 5.79. The Balaban J connectivity index is 1.42. The molecule has 0 saturated heterocycles. The molecule has 0 heterocycles. The van der Waals surface area contributed by atoms with E-state index in [0.29, 0.717) is 5.41 Å². The maximum Gasteiger partial charge on any atom is 0.333 e. The number of nitrogens with one attached hydrogen (secondary N) is 2. The SMILES string of the molecule is CCC1(CC)CC[C@H](/C=C/S(=O)(=O)NC(=O)Nc2c3c(cc4c2CCC4)CCC3)C1. The lowest BCUT2D eigenvalue weighted by Crippen LogP contribution is -2.33. The second-order valence-corrected chi connectivity index (χ2v) is 10.9. The first-order valence-corrected chi connectivity index (χ1v) is 13.1. The molecule has 1 aromatic carbocycles. The van der Waals surface area contributed by atoms with Gasteiger partial charge in [0.25, 0.3) is 10.0 Å². The highest BCUT2D eigenvalue weighted by Crippen LogP contribution is 2.47. The number of amides is 2. The summed E-state index contributed by atoms with van der Waals surface area (Å²) in [5.74, 6) is 0.269. The van der Waals surface area contributed by atoms with Gasteiger partial charge in [-0.25, -0.2) is 17.9 Å². The molecule has 5 nitrogen and oxygen atoms in total. The molecule has 0 bridgehead atoms. The van der Waals surface area contributed by atoms with E-state index in [9.17, 15) is 13.2 Å². The summed E-state index contributed by atoms with van der Waals surface area (Å²) < 4.78 is 27.2. The number of carbonyl (C=O) groups is 1. The molecule has 1 aromatic rings. The molecule has 30 heavy (non-hydrogen) atoms. The monoisotopic (exact) mass is 430 g/mol. The highest BCUT2D eigenvalue weighted by Gasteiger charge is 2.35. The van der Waals surface area contributed by atoms with Crippen molar-refractivity contribution in [3.8, 4) is 0 Å². The highest BCUT2D eigenvalue weighted by atomic mass is 32.2. The molecule has 1 saturated carbocycles. The molecule has 164 valence electrons. The van der Waals surface area contributed by atoms with Crippen LogP contribution in [0.15, 0.2) is 17.6 Å². The molecular formula is C24H34N2O3S. The van der Waals surface area contributed by atoms with Crippen molar-refractivity contribution in [1.82, 2.24) is 4.72 Å². The molecule has 0 unspecified atom stereocenters. The molecule has 2 amide bonds. The van der Waals surface area contributed by atoms with E-state index in [4.69, 9.17) is 0 Å². The lowest BCUT2D eigenvalue weighted by molar-refractivity contribution is 0.256. The summed E-state index contributed by atoms with van der Waals surface area (Å²) in [5.41, 5.74) is 6.22. The predicted molar refractivity (Wildman–Crippen MR) is 121 cm³/mol. The van der Waals surface area contributed by atoms with Crippen LogP contribution >= 0.6 is 0 Å². The van der Waals surface area contributed by atoms with Crippen LogP contribution in [0.2, 0.25) is 0 Å². The van der Waals surface area contributed by atoms with Gasteiger partial charge in [0.05, 0.1) is 0 Å². The number of sulfonamides is 1. The minimum Gasteiger partial charge on any atom is -0.307 e. The molecule has 3 aliphatic rings. The van der Waals surface area contributed by atoms with Crippen LogP contribution in [-0.2, 0) is 35.7 Å². The summed E-state index contributed by atoms with van der Waals surface area (Å²) in [7, 11) is -3.81. The number of hydrogen-bond acceptors (Lipinski definition) is 3. The molecule has 0 aromatic heterocycles. The molecule has 0 spiro atoms. The number of aryl methyl sites for hydroxylation is 2. The molecule has 2 N–H and O–H groups in total. The molecule has 0 radical (unpaired) electrons. The molecular weight excluding hydrogens is 396 g/mol. The number of carbonyl (C=O) groups excluding carboxylic acids is 1. The Labute approximate surface area is 180 Å². The Morgan fingerprint density at radius 1 is 1.10 bits per heavy atom. The average molecular weight is 431 g/mol. The van der Waals surface area contributed by atoms with Crippen LogP contribution in [-0.4, -0.2) is 14.4 Å². The summed E-state index contributed by atoms with van der Waals surface area (Å²) in [6, 6.07) is 1.64. The second-order valence-electron chi connectivity index (χ2n) is 9.37. The lowest BCUT2D eigenvalue weighted by Gasteiger charge is -2.25. The van der Waals surface area contributed by atoms with Crippen molar-refractivity contribution in [3.05, 3.63) is 39.8 Å². The maximum absolute atomic E-state index is 12.6. The van der Waals surface area contributed by atoms with Gasteiger partial charge in [0, 0.05) is 11.1 Å². The van der Waals surface area contributed by atoms with Crippen LogP contribution in [0, 0.1) is 11.3 Å². The van der Waals surface area contributed by atoms with Crippen molar-refractivity contribution in [3.63, 3.8) is 0 Å². The van der Waals surface area contributed by atoms with Crippen LogP contribution in [0.1, 0.15) is 81.0 Å². The Morgan fingerprint density at radius 2 is 1.73 bits per heavy atom. The Morgan fingerprint density at radius 3 is 2.30 bits per heavy atom. The van der Waals surface area contributed by atoms with Gasteiger partial charge in [0.1, 0.15) is 0 Å². The number of allylic oxidation sites excluding steroid dienone is 1. The Hall–Kier alpha value is -1.82. The fourth-order valence-corrected chi connectivity index (χ4v) is 6.60. The first-order valence-electron chi connectivity index (χ1n) is 11.5. The quantitative estimate of drug-likeness (QED) is 0.648. The van der Waals surface area contributed by atoms with Gasteiger partial charge in [-0.3, -0.25) is 0 Å². The first kappa shape index (κ1) is 21.4. The molecule has 0 aliphatic heterocycles. The van der Waals surface area contributed by atoms with Crippen molar-refractivity contribution in [1.29, 1.82) is 0 Å². The number of benzene rings is 1. The van der Waals surface area contributed by atoms with E-state index in [2.05, 4.69) is 30.0 Å². The van der Waals surface area contributed by atoms with E-state index in [1.807, 2.05) is 0 Å². The molecule has 1 atom stereocenters. The third-order valence-electron chi connectivity index (χ3n) is 7.72. The summed E-state index contributed by atoms with van der Waals surface area (Å²) in [5, 5.41) is 4.09. The van der Waals surface area contributed by atoms with Crippen molar-refractivity contribution in [2.45, 2.75) is 84.5 Å². The van der Waals surface area contributed by atoms with Crippen LogP contribution in [0.25, 0.3) is 0 Å². The number of urea groups is 1. The van der Waals surface area contributed by atoms with E-state index in [-0.39, 0.29) is 5.92 Å². The first-order chi connectivity index (χ1) is 14.3. The van der Waals surface area contributed by atoms with Crippen LogP contribution in [0.5, 0.6) is 0 Å². The molecule has 3 aliphatic carbocycles. The van der Waals surface area contributed by atoms with Gasteiger partial charge in [0.2, 0.25) is 0 Å². The normalized spacial score (nSPS) is 22.3. The fraction of sp³-hybridized carbons (Fsp3) is 0.625. The third kappa shape index (κ3) is 4.29. The van der Waals surface area contributed by atoms with Crippen LogP contribution < -0.4 is 10.0 Å². The standard InChI is InChI=1S/C24H34N2O3S/c1-3-24(4-2)13-11-17(16-24)12-14-30(28,29)26-23(27)25-22-20-9-5-7-18(20)15-19-8-6-10-21(19)22/h12,14-15,17H,3-11,13,16H2,1-2H3,(H2,25,26,27)/b14-12+/t17-/m1/s1. The summed E-state index contributed by atoms with van der Waals surface area (Å²) in [6.45, 7) is 4.44. The minimum atomic E-state index is -3.81. The zero-order valence-electron chi connectivity index (χ0n) is 18.2. The van der Waals surface area contributed by atoms with Gasteiger partial charge in [-0.1, -0.05) is 38.8 Å². The number of anilines is 1. The van der Waals surface area contributed by atoms with Crippen molar-refractivity contribution in [2.24, 2.45) is 11.3 Å². The smallest absolute Gasteiger partial charge is 0.307 e. The number of hydrogen-bond donors (Lipinski definition) is 2. The zero-order chi connectivity index (χ0) is 21.4. The van der Waals surface area contributed by atoms with Crippen LogP contribution in [0.4, 0.5) is 10.5 Å². The van der Waals surface area contributed by atoms with Crippen molar-refractivity contribution < 1.29 is 13.2 Å². The van der Waals surface area contributed by atoms with Gasteiger partial charge < -0.3 is 5.32 Å². The third-order valence-corrected chi connectivity index (χ3v) is 8.70. The van der Waals surface area contributed by atoms with Gasteiger partial charge in [0.15, 0.2) is 0 Å². The van der Waals surface area contributed by atoms with Gasteiger partial charge in [-0.2, -0.15) is 0 Å². The highest BCUT2D eigenvalue weighted by molar-refractivity contribution is 7.92. The average Bonchev–Trinajstić information content (AvgIpc) is 3.45. The van der Waals surface area contributed by atoms with E-state index in [1.165, 1.54) is 27.7 Å². The molecule has 1 fully saturated rings. The van der Waals surface area contributed by atoms with E-state index in [1.54, 1.807) is 6.08 Å². The predicted octanol–water partition coefficient (Wildman–Crippen LogP) is 5.24. The Bertz CT molecular complexity index is 929. The largest absolute Gasteiger partial charge is 0.333 e. The van der Waals surface area contributed by atoms with Gasteiger partial charge >= 0.3 is 6.03 Å². The number of rotatable bonds is 6. The summed E-state index contributed by atoms with van der Waals surface area (Å²) in [6.07, 6.45) is 13.4. The van der Waals surface area contributed by atoms with Crippen molar-refractivity contribution >= 4 is 21.7 Å². The molecule has 4 rings (SSSR count). The summed E-state index contributed by atoms with van der Waals surface area (Å²) in [4.78, 5) is 12.6. The van der Waals surface area contributed by atoms with E-state index < -0.39 is 16.1 Å². The topological polar surface area (TPSA) is 75.3 Å². The van der Waals surface area contributed by atoms with Crippen molar-refractivity contribution in [2.75, 3.05) is 5.32 Å². The van der Waals surface area contributed by atoms with Crippen LogP contribution in [0.3, 0.4) is 0 Å². The Kier molecular flexibility index (Phi) is 5.97. The maximum atomic E-state index is 12.6. The summed E-state index contributed by atoms with van der Waals surface area (Å²) >= 11 is 0. The second kappa shape index (κ2) is 8.37. The van der Waals surface area contributed by atoms with E-state index >= 15 is 0 Å². The number of fused-ring (bicyclic) bond motifs is 2. The minimum absolute atomic E-state index is 0.269. The van der Waals surface area contributed by atoms with Gasteiger partial charge in [-0.05, 0) is 91.4 Å². The van der Waals surface area contributed by atoms with E-state index in [0.717, 1.165) is 76.3 Å². The zero-order valence-corrected chi connectivity index (χ0v) is 19.0. The van der Waals surface area contributed by atoms with Gasteiger partial charge in [-0.15, -0.1) is 0 Å².